The van der Waals surface area contributed by atoms with Gasteiger partial charge in [0.15, 0.2) is 11.5 Å². The third-order valence-corrected chi connectivity index (χ3v) is 5.04. The van der Waals surface area contributed by atoms with Crippen LogP contribution in [0.3, 0.4) is 0 Å². The molecular formula is C18H20BrN5. The Bertz CT molecular complexity index is 882. The molecule has 0 unspecified atom stereocenters. The van der Waals surface area contributed by atoms with Crippen LogP contribution >= 0.6 is 15.9 Å². The lowest BCUT2D eigenvalue weighted by atomic mass is 9.84. The molecule has 2 heterocycles. The lowest BCUT2D eigenvalue weighted by Gasteiger charge is -2.26. The highest BCUT2D eigenvalue weighted by Gasteiger charge is 2.29. The van der Waals surface area contributed by atoms with Gasteiger partial charge in [-0.25, -0.2) is 0 Å². The Morgan fingerprint density at radius 1 is 1.21 bits per heavy atom. The van der Waals surface area contributed by atoms with Gasteiger partial charge in [-0.05, 0) is 42.7 Å². The summed E-state index contributed by atoms with van der Waals surface area (Å²) in [5.41, 5.74) is 2.09. The molecule has 1 aliphatic rings. The van der Waals surface area contributed by atoms with E-state index in [2.05, 4.69) is 68.6 Å². The summed E-state index contributed by atoms with van der Waals surface area (Å²) in [6, 6.07) is 12.4. The molecule has 0 amide bonds. The Morgan fingerprint density at radius 3 is 2.79 bits per heavy atom. The highest BCUT2D eigenvalue weighted by atomic mass is 79.9. The number of hydrogen-bond acceptors (Lipinski definition) is 4. The molecule has 6 heteroatoms. The predicted molar refractivity (Wildman–Crippen MR) is 98.4 cm³/mol. The van der Waals surface area contributed by atoms with E-state index in [0.29, 0.717) is 5.92 Å². The zero-order valence-electron chi connectivity index (χ0n) is 13.8. The molecule has 2 aromatic heterocycles. The fraction of sp³-hybridized carbons (Fsp3) is 0.389. The number of anilines is 1. The van der Waals surface area contributed by atoms with Gasteiger partial charge in [0, 0.05) is 22.4 Å². The van der Waals surface area contributed by atoms with Crippen molar-refractivity contribution in [3.05, 3.63) is 52.3 Å². The molecular weight excluding hydrogens is 366 g/mol. The van der Waals surface area contributed by atoms with Gasteiger partial charge in [-0.15, -0.1) is 15.3 Å². The number of benzene rings is 1. The summed E-state index contributed by atoms with van der Waals surface area (Å²) in [5, 5.41) is 16.6. The number of aromatic nitrogens is 4. The first-order valence-electron chi connectivity index (χ1n) is 8.25. The normalized spacial score (nSPS) is 15.0. The van der Waals surface area contributed by atoms with Crippen LogP contribution in [0.1, 0.15) is 44.0 Å². The molecule has 1 aliphatic carbocycles. The summed E-state index contributed by atoms with van der Waals surface area (Å²) in [7, 11) is 0. The minimum Gasteiger partial charge on any atom is -0.368 e. The minimum absolute atomic E-state index is 0.00702. The van der Waals surface area contributed by atoms with Gasteiger partial charge in [-0.2, -0.15) is 4.52 Å². The first-order chi connectivity index (χ1) is 11.5. The van der Waals surface area contributed by atoms with E-state index in [1.165, 1.54) is 18.4 Å². The third-order valence-electron chi connectivity index (χ3n) is 4.55. The summed E-state index contributed by atoms with van der Waals surface area (Å²) >= 11 is 3.55. The van der Waals surface area contributed by atoms with E-state index in [1.807, 2.05) is 22.7 Å². The first kappa shape index (κ1) is 15.6. The maximum absolute atomic E-state index is 4.68. The molecule has 1 saturated carbocycles. The Kier molecular flexibility index (Phi) is 3.79. The molecule has 124 valence electrons. The zero-order chi connectivity index (χ0) is 16.7. The Labute approximate surface area is 149 Å². The number of nitrogens with zero attached hydrogens (tertiary/aromatic N) is 4. The number of rotatable bonds is 5. The molecule has 5 nitrogen and oxygen atoms in total. The van der Waals surface area contributed by atoms with E-state index >= 15 is 0 Å². The highest BCUT2D eigenvalue weighted by molar-refractivity contribution is 9.10. The standard InChI is InChI=1S/C18H20BrN5/c1-18(2,13-4-3-5-14(19)10-13)11-20-15-8-9-16-21-22-17(12-6-7-12)24(16)23-15/h3-5,8-10,12H,6-7,11H2,1-2H3,(H,20,23). The van der Waals surface area contributed by atoms with Crippen LogP contribution in [0.5, 0.6) is 0 Å². The van der Waals surface area contributed by atoms with Crippen molar-refractivity contribution in [2.75, 3.05) is 11.9 Å². The van der Waals surface area contributed by atoms with Gasteiger partial charge in [-0.3, -0.25) is 0 Å². The molecule has 1 aromatic carbocycles. The molecule has 1 fully saturated rings. The average Bonchev–Trinajstić information content (AvgIpc) is 3.32. The quantitative estimate of drug-likeness (QED) is 0.716. The van der Waals surface area contributed by atoms with Crippen LogP contribution in [0.25, 0.3) is 5.65 Å². The van der Waals surface area contributed by atoms with Gasteiger partial charge in [-0.1, -0.05) is 41.9 Å². The van der Waals surface area contributed by atoms with Crippen LogP contribution in [-0.2, 0) is 5.41 Å². The number of halogens is 1. The molecule has 3 aromatic rings. The topological polar surface area (TPSA) is 55.1 Å². The molecule has 24 heavy (non-hydrogen) atoms. The molecule has 0 aliphatic heterocycles. The van der Waals surface area contributed by atoms with Gasteiger partial charge in [0.2, 0.25) is 0 Å². The van der Waals surface area contributed by atoms with E-state index in [0.717, 1.165) is 28.3 Å². The maximum atomic E-state index is 4.68. The lowest BCUT2D eigenvalue weighted by molar-refractivity contribution is 0.555. The average molecular weight is 386 g/mol. The van der Waals surface area contributed by atoms with Crippen molar-refractivity contribution in [1.29, 1.82) is 0 Å². The van der Waals surface area contributed by atoms with Crippen molar-refractivity contribution in [2.45, 2.75) is 38.0 Å². The van der Waals surface area contributed by atoms with Crippen LogP contribution in [0, 0.1) is 0 Å². The SMILES string of the molecule is CC(C)(CNc1ccc2nnc(C3CC3)n2n1)c1cccc(Br)c1. The maximum Gasteiger partial charge on any atom is 0.178 e. The first-order valence-corrected chi connectivity index (χ1v) is 9.04. The van der Waals surface area contributed by atoms with Crippen LogP contribution in [0.4, 0.5) is 5.82 Å². The van der Waals surface area contributed by atoms with Gasteiger partial charge in [0.25, 0.3) is 0 Å². The van der Waals surface area contributed by atoms with Crippen molar-refractivity contribution in [3.8, 4) is 0 Å². The van der Waals surface area contributed by atoms with Gasteiger partial charge in [0.05, 0.1) is 0 Å². The van der Waals surface area contributed by atoms with Crippen LogP contribution in [0.2, 0.25) is 0 Å². The molecule has 4 rings (SSSR count). The van der Waals surface area contributed by atoms with Crippen molar-refractivity contribution in [3.63, 3.8) is 0 Å². The van der Waals surface area contributed by atoms with Crippen LogP contribution in [-0.4, -0.2) is 26.4 Å². The van der Waals surface area contributed by atoms with Crippen LogP contribution in [0.15, 0.2) is 40.9 Å². The molecule has 0 radical (unpaired) electrons. The van der Waals surface area contributed by atoms with E-state index in [9.17, 15) is 0 Å². The van der Waals surface area contributed by atoms with Gasteiger partial charge < -0.3 is 5.32 Å². The number of nitrogens with one attached hydrogen (secondary N) is 1. The van der Waals surface area contributed by atoms with Crippen molar-refractivity contribution >= 4 is 27.4 Å². The van der Waals surface area contributed by atoms with E-state index < -0.39 is 0 Å². The van der Waals surface area contributed by atoms with E-state index in [1.54, 1.807) is 0 Å². The largest absolute Gasteiger partial charge is 0.368 e. The molecule has 1 N–H and O–H groups in total. The van der Waals surface area contributed by atoms with Crippen molar-refractivity contribution in [2.24, 2.45) is 0 Å². The number of hydrogen-bond donors (Lipinski definition) is 1. The Morgan fingerprint density at radius 2 is 2.04 bits per heavy atom. The molecule has 0 bridgehead atoms. The van der Waals surface area contributed by atoms with E-state index in [4.69, 9.17) is 0 Å². The second-order valence-corrected chi connectivity index (χ2v) is 7.98. The Hall–Kier alpha value is -1.95. The summed E-state index contributed by atoms with van der Waals surface area (Å²) in [6.07, 6.45) is 2.38. The Balaban J connectivity index is 1.54. The summed E-state index contributed by atoms with van der Waals surface area (Å²) in [4.78, 5) is 0. The molecule has 0 saturated heterocycles. The minimum atomic E-state index is -0.00702. The second-order valence-electron chi connectivity index (χ2n) is 7.07. The monoisotopic (exact) mass is 385 g/mol. The summed E-state index contributed by atoms with van der Waals surface area (Å²) < 4.78 is 2.98. The van der Waals surface area contributed by atoms with Crippen LogP contribution < -0.4 is 5.32 Å². The predicted octanol–water partition coefficient (Wildman–Crippen LogP) is 4.15. The van der Waals surface area contributed by atoms with Gasteiger partial charge in [0.1, 0.15) is 5.82 Å². The fourth-order valence-electron chi connectivity index (χ4n) is 2.82. The van der Waals surface area contributed by atoms with Crippen molar-refractivity contribution < 1.29 is 0 Å². The third kappa shape index (κ3) is 3.02. The van der Waals surface area contributed by atoms with Gasteiger partial charge >= 0.3 is 0 Å². The van der Waals surface area contributed by atoms with E-state index in [-0.39, 0.29) is 5.41 Å². The lowest BCUT2D eigenvalue weighted by Crippen LogP contribution is -2.28. The zero-order valence-corrected chi connectivity index (χ0v) is 15.4. The molecule has 0 spiro atoms. The fourth-order valence-corrected chi connectivity index (χ4v) is 3.22. The summed E-state index contributed by atoms with van der Waals surface area (Å²) in [5.74, 6) is 2.37. The second kappa shape index (κ2) is 5.84. The van der Waals surface area contributed by atoms with Crippen molar-refractivity contribution in [1.82, 2.24) is 19.8 Å². The number of fused-ring (bicyclic) bond motifs is 1. The molecule has 0 atom stereocenters. The smallest absolute Gasteiger partial charge is 0.178 e. The highest BCUT2D eigenvalue weighted by Crippen LogP contribution is 2.38. The summed E-state index contributed by atoms with van der Waals surface area (Å²) in [6.45, 7) is 5.26.